The maximum Gasteiger partial charge on any atom is 0.333 e. The van der Waals surface area contributed by atoms with Gasteiger partial charge < -0.3 is 5.32 Å². The molecule has 0 aliphatic heterocycles. The lowest BCUT2D eigenvalue weighted by molar-refractivity contribution is 0.252. The molecule has 0 bridgehead atoms. The zero-order valence-electron chi connectivity index (χ0n) is 9.29. The van der Waals surface area contributed by atoms with Gasteiger partial charge in [-0.15, -0.1) is 0 Å². The second kappa shape index (κ2) is 4.79. The summed E-state index contributed by atoms with van der Waals surface area (Å²) in [6, 6.07) is 5.61. The molecule has 2 amide bonds. The first kappa shape index (κ1) is 11.5. The maximum absolute atomic E-state index is 11.1. The van der Waals surface area contributed by atoms with E-state index in [2.05, 4.69) is 25.2 Å². The number of benzene rings is 1. The van der Waals surface area contributed by atoms with Gasteiger partial charge in [-0.2, -0.15) is 0 Å². The van der Waals surface area contributed by atoms with Crippen LogP contribution in [-0.4, -0.2) is 6.03 Å². The van der Waals surface area contributed by atoms with Gasteiger partial charge >= 0.3 is 6.03 Å². The summed E-state index contributed by atoms with van der Waals surface area (Å²) in [5.74, 6) is 5.44. The molecule has 0 heterocycles. The molecular formula is C11H17N3O. The number of amides is 2. The van der Waals surface area contributed by atoms with E-state index in [1.54, 1.807) is 0 Å². The fourth-order valence-electron chi connectivity index (χ4n) is 1.29. The molecular weight excluding hydrogens is 190 g/mol. The standard InChI is InChI=1S/C11H17N3O/c1-7(2)9-5-4-8(3)10(6-9)13-11(15)14-12/h4-7H,12H2,1-3H3,(H2,13,14,15). The molecule has 0 spiro atoms. The summed E-state index contributed by atoms with van der Waals surface area (Å²) in [6.45, 7) is 6.16. The van der Waals surface area contributed by atoms with E-state index in [4.69, 9.17) is 5.84 Å². The minimum atomic E-state index is -0.404. The summed E-state index contributed by atoms with van der Waals surface area (Å²) in [5, 5.41) is 2.68. The lowest BCUT2D eigenvalue weighted by Crippen LogP contribution is -2.34. The first-order valence-electron chi connectivity index (χ1n) is 4.92. The van der Waals surface area contributed by atoms with E-state index in [1.807, 2.05) is 24.5 Å². The van der Waals surface area contributed by atoms with Crippen molar-refractivity contribution in [2.45, 2.75) is 26.7 Å². The van der Waals surface area contributed by atoms with Gasteiger partial charge in [0.1, 0.15) is 0 Å². The normalized spacial score (nSPS) is 10.2. The summed E-state index contributed by atoms with van der Waals surface area (Å²) in [6.07, 6.45) is 0. The fraction of sp³-hybridized carbons (Fsp3) is 0.364. The summed E-state index contributed by atoms with van der Waals surface area (Å²) in [4.78, 5) is 11.1. The SMILES string of the molecule is Cc1ccc(C(C)C)cc1NC(=O)NN. The predicted molar refractivity (Wildman–Crippen MR) is 61.6 cm³/mol. The van der Waals surface area contributed by atoms with Gasteiger partial charge in [0, 0.05) is 5.69 Å². The molecule has 4 nitrogen and oxygen atoms in total. The van der Waals surface area contributed by atoms with E-state index in [1.165, 1.54) is 5.56 Å². The molecule has 0 saturated carbocycles. The van der Waals surface area contributed by atoms with Gasteiger partial charge in [0.15, 0.2) is 0 Å². The average Bonchev–Trinajstić information content (AvgIpc) is 2.20. The number of rotatable bonds is 2. The van der Waals surface area contributed by atoms with Crippen LogP contribution in [0.25, 0.3) is 0 Å². The fourth-order valence-corrected chi connectivity index (χ4v) is 1.29. The number of nitrogens with one attached hydrogen (secondary N) is 2. The lowest BCUT2D eigenvalue weighted by Gasteiger charge is -2.11. The van der Waals surface area contributed by atoms with Crippen molar-refractivity contribution in [3.05, 3.63) is 29.3 Å². The van der Waals surface area contributed by atoms with Crippen molar-refractivity contribution in [1.82, 2.24) is 5.43 Å². The highest BCUT2D eigenvalue weighted by Crippen LogP contribution is 2.22. The number of hydrazine groups is 1. The molecule has 0 unspecified atom stereocenters. The summed E-state index contributed by atoms with van der Waals surface area (Å²) in [7, 11) is 0. The first-order valence-corrected chi connectivity index (χ1v) is 4.92. The van der Waals surface area contributed by atoms with Gasteiger partial charge in [0.25, 0.3) is 0 Å². The first-order chi connectivity index (χ1) is 7.04. The molecule has 0 aliphatic rings. The molecule has 0 aliphatic carbocycles. The monoisotopic (exact) mass is 207 g/mol. The number of hydrogen-bond donors (Lipinski definition) is 3. The number of nitrogens with two attached hydrogens (primary N) is 1. The van der Waals surface area contributed by atoms with Gasteiger partial charge in [-0.1, -0.05) is 26.0 Å². The molecule has 0 aromatic heterocycles. The summed E-state index contributed by atoms with van der Waals surface area (Å²) in [5.41, 5.74) is 5.04. The van der Waals surface area contributed by atoms with E-state index < -0.39 is 6.03 Å². The van der Waals surface area contributed by atoms with Crippen LogP contribution in [0.2, 0.25) is 0 Å². The Morgan fingerprint density at radius 1 is 1.40 bits per heavy atom. The zero-order valence-corrected chi connectivity index (χ0v) is 9.29. The van der Waals surface area contributed by atoms with Crippen molar-refractivity contribution < 1.29 is 4.79 Å². The largest absolute Gasteiger partial charge is 0.333 e. The molecule has 82 valence electrons. The van der Waals surface area contributed by atoms with Gasteiger partial charge in [-0.05, 0) is 30.0 Å². The van der Waals surface area contributed by atoms with Crippen molar-refractivity contribution >= 4 is 11.7 Å². The van der Waals surface area contributed by atoms with Crippen molar-refractivity contribution in [3.8, 4) is 0 Å². The number of carbonyl (C=O) groups is 1. The van der Waals surface area contributed by atoms with Gasteiger partial charge in [-0.25, -0.2) is 10.6 Å². The molecule has 1 aromatic carbocycles. The third-order valence-electron chi connectivity index (χ3n) is 2.31. The average molecular weight is 207 g/mol. The van der Waals surface area contributed by atoms with E-state index in [0.29, 0.717) is 5.92 Å². The van der Waals surface area contributed by atoms with Gasteiger partial charge in [0.05, 0.1) is 0 Å². The van der Waals surface area contributed by atoms with Crippen LogP contribution in [0.1, 0.15) is 30.9 Å². The third kappa shape index (κ3) is 2.95. The van der Waals surface area contributed by atoms with Crippen molar-refractivity contribution in [1.29, 1.82) is 0 Å². The van der Waals surface area contributed by atoms with Gasteiger partial charge in [0.2, 0.25) is 0 Å². The van der Waals surface area contributed by atoms with Gasteiger partial charge in [-0.3, -0.25) is 5.43 Å². The van der Waals surface area contributed by atoms with Crippen LogP contribution in [0.4, 0.5) is 10.5 Å². The Labute approximate surface area is 89.8 Å². The number of carbonyl (C=O) groups excluding carboxylic acids is 1. The minimum Gasteiger partial charge on any atom is -0.307 e. The van der Waals surface area contributed by atoms with Crippen LogP contribution < -0.4 is 16.6 Å². The maximum atomic E-state index is 11.1. The second-order valence-corrected chi connectivity index (χ2v) is 3.83. The predicted octanol–water partition coefficient (Wildman–Crippen LogP) is 2.11. The second-order valence-electron chi connectivity index (χ2n) is 3.83. The van der Waals surface area contributed by atoms with E-state index in [9.17, 15) is 4.79 Å². The van der Waals surface area contributed by atoms with Crippen LogP contribution in [0, 0.1) is 6.92 Å². The Balaban J connectivity index is 2.95. The Hall–Kier alpha value is -1.55. The van der Waals surface area contributed by atoms with E-state index >= 15 is 0 Å². The minimum absolute atomic E-state index is 0.404. The molecule has 15 heavy (non-hydrogen) atoms. The molecule has 4 heteroatoms. The van der Waals surface area contributed by atoms with E-state index in [-0.39, 0.29) is 0 Å². The Morgan fingerprint density at radius 3 is 2.60 bits per heavy atom. The highest BCUT2D eigenvalue weighted by Gasteiger charge is 2.05. The highest BCUT2D eigenvalue weighted by atomic mass is 16.2. The molecule has 0 atom stereocenters. The Bertz CT molecular complexity index is 361. The van der Waals surface area contributed by atoms with Crippen LogP contribution in [0.5, 0.6) is 0 Å². The van der Waals surface area contributed by atoms with Crippen LogP contribution in [-0.2, 0) is 0 Å². The molecule has 1 rings (SSSR count). The molecule has 0 fully saturated rings. The smallest absolute Gasteiger partial charge is 0.307 e. The quantitative estimate of drug-likeness (QED) is 0.395. The number of hydrogen-bond acceptors (Lipinski definition) is 2. The number of urea groups is 1. The Kier molecular flexibility index (Phi) is 3.68. The van der Waals surface area contributed by atoms with Crippen LogP contribution >= 0.6 is 0 Å². The van der Waals surface area contributed by atoms with Crippen molar-refractivity contribution in [2.24, 2.45) is 5.84 Å². The topological polar surface area (TPSA) is 67.2 Å². The summed E-state index contributed by atoms with van der Waals surface area (Å²) < 4.78 is 0. The highest BCUT2D eigenvalue weighted by molar-refractivity contribution is 5.89. The molecule has 0 radical (unpaired) electrons. The Morgan fingerprint density at radius 2 is 2.07 bits per heavy atom. The molecule has 0 saturated heterocycles. The number of aryl methyl sites for hydroxylation is 1. The van der Waals surface area contributed by atoms with Crippen molar-refractivity contribution in [3.63, 3.8) is 0 Å². The van der Waals surface area contributed by atoms with Crippen molar-refractivity contribution in [2.75, 3.05) is 5.32 Å². The molecule has 1 aromatic rings. The zero-order chi connectivity index (χ0) is 11.4. The summed E-state index contributed by atoms with van der Waals surface area (Å²) >= 11 is 0. The molecule has 4 N–H and O–H groups in total. The number of anilines is 1. The van der Waals surface area contributed by atoms with Crippen LogP contribution in [0.15, 0.2) is 18.2 Å². The third-order valence-corrected chi connectivity index (χ3v) is 2.31. The lowest BCUT2D eigenvalue weighted by atomic mass is 10.0. The van der Waals surface area contributed by atoms with E-state index in [0.717, 1.165) is 11.3 Å². The van der Waals surface area contributed by atoms with Crippen LogP contribution in [0.3, 0.4) is 0 Å².